The molecule has 0 atom stereocenters. The van der Waals surface area contributed by atoms with Crippen molar-refractivity contribution in [2.45, 2.75) is 39.3 Å². The minimum atomic E-state index is 0.273. The number of hydrogen-bond acceptors (Lipinski definition) is 5. The number of nitrogens with zero attached hydrogens (tertiary/aromatic N) is 5. The largest absolute Gasteiger partial charge is 0.470 e. The normalized spacial score (nSPS) is 10.5. The lowest BCUT2D eigenvalue weighted by Gasteiger charge is -2.12. The zero-order chi connectivity index (χ0) is 14.4. The van der Waals surface area contributed by atoms with Gasteiger partial charge in [0.25, 0.3) is 0 Å². The molecule has 2 aromatic rings. The molecule has 2 aromatic heterocycles. The van der Waals surface area contributed by atoms with E-state index in [1.165, 1.54) is 0 Å². The fourth-order valence-corrected chi connectivity index (χ4v) is 1.93. The molecule has 0 saturated carbocycles. The molecule has 0 aliphatic rings. The van der Waals surface area contributed by atoms with E-state index in [0.717, 1.165) is 18.5 Å². The Morgan fingerprint density at radius 2 is 2.05 bits per heavy atom. The van der Waals surface area contributed by atoms with Crippen LogP contribution in [0.5, 0.6) is 5.88 Å². The second-order valence-corrected chi connectivity index (χ2v) is 4.41. The lowest BCUT2D eigenvalue weighted by molar-refractivity contribution is 0.282. The molecular formula is C14H17N5O. The highest BCUT2D eigenvalue weighted by Gasteiger charge is 2.08. The molecular weight excluding hydrogens is 254 g/mol. The number of ether oxygens (including phenoxy) is 1. The van der Waals surface area contributed by atoms with Gasteiger partial charge in [-0.25, -0.2) is 0 Å². The highest BCUT2D eigenvalue weighted by molar-refractivity contribution is 5.21. The summed E-state index contributed by atoms with van der Waals surface area (Å²) in [6.45, 7) is 4.64. The zero-order valence-corrected chi connectivity index (χ0v) is 11.7. The third kappa shape index (κ3) is 3.32. The van der Waals surface area contributed by atoms with Crippen LogP contribution in [-0.2, 0) is 6.61 Å². The summed E-state index contributed by atoms with van der Waals surface area (Å²) >= 11 is 0. The van der Waals surface area contributed by atoms with Crippen LogP contribution in [0.25, 0.3) is 0 Å². The van der Waals surface area contributed by atoms with Crippen molar-refractivity contribution in [3.63, 3.8) is 0 Å². The van der Waals surface area contributed by atoms with Gasteiger partial charge in [0.15, 0.2) is 5.69 Å². The minimum Gasteiger partial charge on any atom is -0.470 e. The average Bonchev–Trinajstić information content (AvgIpc) is 2.96. The summed E-state index contributed by atoms with van der Waals surface area (Å²) in [6, 6.07) is 7.48. The number of nitriles is 1. The molecule has 6 heteroatoms. The summed E-state index contributed by atoms with van der Waals surface area (Å²) in [4.78, 5) is 0. The molecule has 0 fully saturated rings. The molecule has 0 aliphatic heterocycles. The maximum atomic E-state index is 8.63. The van der Waals surface area contributed by atoms with E-state index in [0.29, 0.717) is 18.5 Å². The summed E-state index contributed by atoms with van der Waals surface area (Å²) in [6.07, 6.45) is 4.08. The molecule has 0 saturated heterocycles. The van der Waals surface area contributed by atoms with Crippen molar-refractivity contribution >= 4 is 0 Å². The Kier molecular flexibility index (Phi) is 4.66. The maximum Gasteiger partial charge on any atom is 0.233 e. The van der Waals surface area contributed by atoms with E-state index in [1.54, 1.807) is 12.1 Å². The summed E-state index contributed by atoms with van der Waals surface area (Å²) in [5.41, 5.74) is 1.12. The molecule has 0 radical (unpaired) electrons. The number of aromatic nitrogens is 4. The maximum absolute atomic E-state index is 8.63. The Labute approximate surface area is 118 Å². The van der Waals surface area contributed by atoms with Gasteiger partial charge >= 0.3 is 0 Å². The highest BCUT2D eigenvalue weighted by Crippen LogP contribution is 2.15. The van der Waals surface area contributed by atoms with Crippen molar-refractivity contribution in [3.05, 3.63) is 35.8 Å². The van der Waals surface area contributed by atoms with Crippen LogP contribution >= 0.6 is 0 Å². The standard InChI is InChI=1S/C14H17N5O/c1-3-13(4-2)19-8-7-12(18-19)10-20-14-6-5-11(9-15)16-17-14/h5-8,13H,3-4,10H2,1-2H3. The molecule has 20 heavy (non-hydrogen) atoms. The molecule has 2 heterocycles. The van der Waals surface area contributed by atoms with Crippen LogP contribution in [0, 0.1) is 11.3 Å². The monoisotopic (exact) mass is 271 g/mol. The van der Waals surface area contributed by atoms with Crippen LogP contribution in [0.2, 0.25) is 0 Å². The lowest BCUT2D eigenvalue weighted by Crippen LogP contribution is -2.08. The third-order valence-electron chi connectivity index (χ3n) is 3.10. The smallest absolute Gasteiger partial charge is 0.233 e. The van der Waals surface area contributed by atoms with Gasteiger partial charge in [-0.05, 0) is 25.0 Å². The Hall–Kier alpha value is -2.42. The lowest BCUT2D eigenvalue weighted by atomic mass is 10.2. The first-order valence-electron chi connectivity index (χ1n) is 6.67. The van der Waals surface area contributed by atoms with E-state index >= 15 is 0 Å². The fraction of sp³-hybridized carbons (Fsp3) is 0.429. The second-order valence-electron chi connectivity index (χ2n) is 4.41. The molecule has 0 aliphatic carbocycles. The zero-order valence-electron chi connectivity index (χ0n) is 11.7. The third-order valence-corrected chi connectivity index (χ3v) is 3.10. The first-order chi connectivity index (χ1) is 9.76. The minimum absolute atomic E-state index is 0.273. The van der Waals surface area contributed by atoms with Gasteiger partial charge in [-0.2, -0.15) is 10.4 Å². The van der Waals surface area contributed by atoms with Crippen LogP contribution in [0.3, 0.4) is 0 Å². The fourth-order valence-electron chi connectivity index (χ4n) is 1.93. The molecule has 0 spiro atoms. The summed E-state index contributed by atoms with van der Waals surface area (Å²) in [5, 5.41) is 20.6. The Balaban J connectivity index is 1.95. The topological polar surface area (TPSA) is 76.6 Å². The van der Waals surface area contributed by atoms with E-state index in [1.807, 2.05) is 23.0 Å². The molecule has 0 aromatic carbocycles. The van der Waals surface area contributed by atoms with Gasteiger partial charge in [0.2, 0.25) is 5.88 Å². The van der Waals surface area contributed by atoms with E-state index in [9.17, 15) is 0 Å². The molecule has 2 rings (SSSR count). The first-order valence-corrected chi connectivity index (χ1v) is 6.67. The van der Waals surface area contributed by atoms with Crippen LogP contribution in [0.15, 0.2) is 24.4 Å². The predicted molar refractivity (Wildman–Crippen MR) is 72.9 cm³/mol. The average molecular weight is 271 g/mol. The van der Waals surface area contributed by atoms with Gasteiger partial charge in [0.1, 0.15) is 12.7 Å². The number of hydrogen-bond donors (Lipinski definition) is 0. The van der Waals surface area contributed by atoms with Crippen molar-refractivity contribution in [3.8, 4) is 11.9 Å². The second kappa shape index (κ2) is 6.66. The van der Waals surface area contributed by atoms with E-state index < -0.39 is 0 Å². The first kappa shape index (κ1) is 14.0. The van der Waals surface area contributed by atoms with Crippen LogP contribution in [0.4, 0.5) is 0 Å². The Morgan fingerprint density at radius 1 is 1.25 bits per heavy atom. The quantitative estimate of drug-likeness (QED) is 0.806. The van der Waals surface area contributed by atoms with Gasteiger partial charge in [-0.15, -0.1) is 10.2 Å². The molecule has 0 unspecified atom stereocenters. The van der Waals surface area contributed by atoms with Gasteiger partial charge < -0.3 is 4.74 Å². The molecule has 0 N–H and O–H groups in total. The van der Waals surface area contributed by atoms with Gasteiger partial charge in [-0.1, -0.05) is 13.8 Å². The number of rotatable bonds is 6. The Bertz CT molecular complexity index is 580. The predicted octanol–water partition coefficient (Wildman–Crippen LogP) is 2.48. The van der Waals surface area contributed by atoms with Crippen molar-refractivity contribution < 1.29 is 4.74 Å². The molecule has 0 amide bonds. The van der Waals surface area contributed by atoms with Crippen LogP contribution in [0.1, 0.15) is 44.1 Å². The van der Waals surface area contributed by atoms with E-state index in [2.05, 4.69) is 29.1 Å². The highest BCUT2D eigenvalue weighted by atomic mass is 16.5. The molecule has 104 valence electrons. The van der Waals surface area contributed by atoms with Crippen LogP contribution in [-0.4, -0.2) is 20.0 Å². The van der Waals surface area contributed by atoms with Crippen molar-refractivity contribution in [1.29, 1.82) is 5.26 Å². The molecule has 0 bridgehead atoms. The Morgan fingerprint density at radius 3 is 2.65 bits per heavy atom. The summed E-state index contributed by atoms with van der Waals surface area (Å²) < 4.78 is 7.47. The van der Waals surface area contributed by atoms with Crippen molar-refractivity contribution in [2.75, 3.05) is 0 Å². The van der Waals surface area contributed by atoms with Gasteiger partial charge in [-0.3, -0.25) is 4.68 Å². The van der Waals surface area contributed by atoms with Crippen molar-refractivity contribution in [1.82, 2.24) is 20.0 Å². The summed E-state index contributed by atoms with van der Waals surface area (Å²) in [7, 11) is 0. The van der Waals surface area contributed by atoms with E-state index in [4.69, 9.17) is 10.00 Å². The van der Waals surface area contributed by atoms with Crippen molar-refractivity contribution in [2.24, 2.45) is 0 Å². The van der Waals surface area contributed by atoms with Gasteiger partial charge in [0.05, 0.1) is 11.7 Å². The summed E-state index contributed by atoms with van der Waals surface area (Å²) in [5.74, 6) is 0.390. The van der Waals surface area contributed by atoms with E-state index in [-0.39, 0.29) is 5.69 Å². The molecule has 6 nitrogen and oxygen atoms in total. The van der Waals surface area contributed by atoms with Gasteiger partial charge in [0, 0.05) is 12.3 Å². The van der Waals surface area contributed by atoms with Crippen LogP contribution < -0.4 is 4.74 Å². The SMILES string of the molecule is CCC(CC)n1ccc(COc2ccc(C#N)nn2)n1.